The number of ether oxygens (including phenoxy) is 1. The fourth-order valence-corrected chi connectivity index (χ4v) is 3.11. The van der Waals surface area contributed by atoms with Crippen molar-refractivity contribution in [3.63, 3.8) is 0 Å². The van der Waals surface area contributed by atoms with Crippen LogP contribution in [0.1, 0.15) is 5.56 Å². The molecule has 0 spiro atoms. The van der Waals surface area contributed by atoms with Gasteiger partial charge in [0.15, 0.2) is 0 Å². The fraction of sp³-hybridized carbons (Fsp3) is 0.474. The van der Waals surface area contributed by atoms with Crippen molar-refractivity contribution in [3.8, 4) is 0 Å². The van der Waals surface area contributed by atoms with Crippen molar-refractivity contribution in [2.24, 2.45) is 0 Å². The van der Waals surface area contributed by atoms with Crippen LogP contribution in [0.4, 0.5) is 4.39 Å². The lowest BCUT2D eigenvalue weighted by Gasteiger charge is -2.35. The van der Waals surface area contributed by atoms with E-state index in [-0.39, 0.29) is 17.6 Å². The Kier molecular flexibility index (Phi) is 6.35. The molecular weight excluding hydrogens is 337 g/mol. The molecule has 26 heavy (non-hydrogen) atoms. The largest absolute Gasteiger partial charge is 0.378 e. The van der Waals surface area contributed by atoms with Gasteiger partial charge in [0.1, 0.15) is 5.82 Å². The minimum absolute atomic E-state index is 0.0894. The molecule has 0 aromatic heterocycles. The zero-order valence-electron chi connectivity index (χ0n) is 14.8. The third kappa shape index (κ3) is 5.12. The highest BCUT2D eigenvalue weighted by molar-refractivity contribution is 5.91. The van der Waals surface area contributed by atoms with Crippen LogP contribution in [0.3, 0.4) is 0 Å². The summed E-state index contributed by atoms with van der Waals surface area (Å²) in [5.74, 6) is -0.286. The van der Waals surface area contributed by atoms with Crippen LogP contribution in [0.5, 0.6) is 0 Å². The maximum atomic E-state index is 13.2. The maximum Gasteiger partial charge on any atom is 0.246 e. The number of morpholine rings is 1. The summed E-state index contributed by atoms with van der Waals surface area (Å²) >= 11 is 0. The maximum absolute atomic E-state index is 13.2. The van der Waals surface area contributed by atoms with Crippen LogP contribution in [-0.2, 0) is 14.3 Å². The molecule has 7 heteroatoms. The molecule has 1 aromatic carbocycles. The van der Waals surface area contributed by atoms with E-state index >= 15 is 0 Å². The second kappa shape index (κ2) is 8.91. The summed E-state index contributed by atoms with van der Waals surface area (Å²) in [5.41, 5.74) is 0.660. The molecule has 3 rings (SSSR count). The first kappa shape index (κ1) is 18.5. The van der Waals surface area contributed by atoms with Gasteiger partial charge in [-0.1, -0.05) is 12.1 Å². The van der Waals surface area contributed by atoms with Crippen LogP contribution < -0.4 is 0 Å². The normalized spacial score (nSPS) is 19.1. The number of piperazine rings is 1. The minimum atomic E-state index is -0.321. The SMILES string of the molecule is O=C(/C=C/c1cccc(F)c1)N1CCN(CC(=O)N2CCOCC2)CC1. The number of carbonyl (C=O) groups is 2. The highest BCUT2D eigenvalue weighted by atomic mass is 19.1. The molecule has 6 nitrogen and oxygen atoms in total. The molecule has 2 heterocycles. The van der Waals surface area contributed by atoms with E-state index in [9.17, 15) is 14.0 Å². The van der Waals surface area contributed by atoms with E-state index < -0.39 is 0 Å². The van der Waals surface area contributed by atoms with Crippen LogP contribution in [-0.4, -0.2) is 85.5 Å². The van der Waals surface area contributed by atoms with Crippen molar-refractivity contribution in [1.82, 2.24) is 14.7 Å². The quantitative estimate of drug-likeness (QED) is 0.746. The Morgan fingerprint density at radius 3 is 2.46 bits per heavy atom. The smallest absolute Gasteiger partial charge is 0.246 e. The van der Waals surface area contributed by atoms with E-state index in [4.69, 9.17) is 4.74 Å². The molecule has 0 bridgehead atoms. The van der Waals surface area contributed by atoms with Crippen LogP contribution >= 0.6 is 0 Å². The molecule has 2 fully saturated rings. The summed E-state index contributed by atoms with van der Waals surface area (Å²) in [6, 6.07) is 6.13. The van der Waals surface area contributed by atoms with Gasteiger partial charge in [-0.25, -0.2) is 4.39 Å². The van der Waals surface area contributed by atoms with Gasteiger partial charge in [-0.3, -0.25) is 14.5 Å². The van der Waals surface area contributed by atoms with Crippen LogP contribution in [0.15, 0.2) is 30.3 Å². The zero-order chi connectivity index (χ0) is 18.4. The van der Waals surface area contributed by atoms with E-state index in [1.165, 1.54) is 18.2 Å². The van der Waals surface area contributed by atoms with Gasteiger partial charge < -0.3 is 14.5 Å². The standard InChI is InChI=1S/C19H24FN3O3/c20-17-3-1-2-16(14-17)4-5-18(24)22-8-6-21(7-9-22)15-19(25)23-10-12-26-13-11-23/h1-5,14H,6-13,15H2/b5-4+. The molecule has 0 aliphatic carbocycles. The third-order valence-electron chi connectivity index (χ3n) is 4.67. The van der Waals surface area contributed by atoms with Gasteiger partial charge in [0.2, 0.25) is 11.8 Å². The van der Waals surface area contributed by atoms with Crippen molar-refractivity contribution < 1.29 is 18.7 Å². The van der Waals surface area contributed by atoms with Crippen LogP contribution in [0.2, 0.25) is 0 Å². The summed E-state index contributed by atoms with van der Waals surface area (Å²) in [4.78, 5) is 30.2. The van der Waals surface area contributed by atoms with Crippen LogP contribution in [0.25, 0.3) is 6.08 Å². The van der Waals surface area contributed by atoms with Crippen molar-refractivity contribution in [2.45, 2.75) is 0 Å². The van der Waals surface area contributed by atoms with E-state index in [1.807, 2.05) is 4.90 Å². The molecule has 2 aliphatic heterocycles. The Labute approximate surface area is 152 Å². The molecule has 2 amide bonds. The molecule has 140 valence electrons. The Bertz CT molecular complexity index is 666. The second-order valence-corrected chi connectivity index (χ2v) is 6.48. The van der Waals surface area contributed by atoms with Crippen molar-refractivity contribution in [3.05, 3.63) is 41.7 Å². The van der Waals surface area contributed by atoms with Gasteiger partial charge in [-0.15, -0.1) is 0 Å². The van der Waals surface area contributed by atoms with Crippen molar-refractivity contribution in [1.29, 1.82) is 0 Å². The third-order valence-corrected chi connectivity index (χ3v) is 4.67. The van der Waals surface area contributed by atoms with Crippen molar-refractivity contribution in [2.75, 3.05) is 59.0 Å². The number of amides is 2. The predicted molar refractivity (Wildman–Crippen MR) is 95.9 cm³/mol. The van der Waals surface area contributed by atoms with E-state index in [0.29, 0.717) is 64.6 Å². The first-order valence-corrected chi connectivity index (χ1v) is 8.92. The Balaban J connectivity index is 1.44. The van der Waals surface area contributed by atoms with E-state index in [2.05, 4.69) is 4.90 Å². The van der Waals surface area contributed by atoms with Gasteiger partial charge >= 0.3 is 0 Å². The van der Waals surface area contributed by atoms with E-state index in [0.717, 1.165) is 0 Å². The summed E-state index contributed by atoms with van der Waals surface area (Å²) in [5, 5.41) is 0. The lowest BCUT2D eigenvalue weighted by molar-refractivity contribution is -0.137. The minimum Gasteiger partial charge on any atom is -0.378 e. The zero-order valence-corrected chi connectivity index (χ0v) is 14.8. The average Bonchev–Trinajstić information content (AvgIpc) is 2.67. The molecule has 2 saturated heterocycles. The van der Waals surface area contributed by atoms with Crippen LogP contribution in [0, 0.1) is 5.82 Å². The highest BCUT2D eigenvalue weighted by Gasteiger charge is 2.24. The van der Waals surface area contributed by atoms with Gasteiger partial charge in [-0.2, -0.15) is 0 Å². The average molecular weight is 361 g/mol. The molecule has 2 aliphatic rings. The number of benzene rings is 1. The summed E-state index contributed by atoms with van der Waals surface area (Å²) in [6.45, 7) is 5.43. The van der Waals surface area contributed by atoms with Crippen molar-refractivity contribution >= 4 is 17.9 Å². The van der Waals surface area contributed by atoms with Gasteiger partial charge in [0.05, 0.1) is 19.8 Å². The number of hydrogen-bond acceptors (Lipinski definition) is 4. The van der Waals surface area contributed by atoms with Gasteiger partial charge in [-0.05, 0) is 23.8 Å². The van der Waals surface area contributed by atoms with E-state index in [1.54, 1.807) is 23.1 Å². The molecule has 1 aromatic rings. The number of rotatable bonds is 4. The number of halogens is 1. The molecule has 0 radical (unpaired) electrons. The molecule has 0 N–H and O–H groups in total. The van der Waals surface area contributed by atoms with Gasteiger partial charge in [0.25, 0.3) is 0 Å². The first-order chi connectivity index (χ1) is 12.6. The number of carbonyl (C=O) groups excluding carboxylic acids is 2. The topological polar surface area (TPSA) is 53.1 Å². The second-order valence-electron chi connectivity index (χ2n) is 6.48. The summed E-state index contributed by atoms with van der Waals surface area (Å²) in [7, 11) is 0. The molecule has 0 unspecified atom stereocenters. The highest BCUT2D eigenvalue weighted by Crippen LogP contribution is 2.08. The Morgan fingerprint density at radius 2 is 1.77 bits per heavy atom. The lowest BCUT2D eigenvalue weighted by atomic mass is 10.2. The summed E-state index contributed by atoms with van der Waals surface area (Å²) in [6.07, 6.45) is 3.10. The summed E-state index contributed by atoms with van der Waals surface area (Å²) < 4.78 is 18.4. The first-order valence-electron chi connectivity index (χ1n) is 8.92. The predicted octanol–water partition coefficient (Wildman–Crippen LogP) is 0.842. The number of hydrogen-bond donors (Lipinski definition) is 0. The molecule has 0 saturated carbocycles. The Morgan fingerprint density at radius 1 is 1.04 bits per heavy atom. The lowest BCUT2D eigenvalue weighted by Crippen LogP contribution is -2.52. The molecule has 0 atom stereocenters. The molecular formula is C19H24FN3O3. The monoisotopic (exact) mass is 361 g/mol. The number of nitrogens with zero attached hydrogens (tertiary/aromatic N) is 3. The fourth-order valence-electron chi connectivity index (χ4n) is 3.11. The Hall–Kier alpha value is -2.25. The van der Waals surface area contributed by atoms with Gasteiger partial charge in [0, 0.05) is 45.3 Å².